The van der Waals surface area contributed by atoms with Crippen LogP contribution < -0.4 is 15.5 Å². The van der Waals surface area contributed by atoms with Gasteiger partial charge in [-0.3, -0.25) is 14.4 Å². The molecule has 1 aliphatic rings. The van der Waals surface area contributed by atoms with Crippen LogP contribution in [0, 0.1) is 5.92 Å². The first-order valence-electron chi connectivity index (χ1n) is 11.3. The van der Waals surface area contributed by atoms with E-state index in [0.717, 1.165) is 5.56 Å². The summed E-state index contributed by atoms with van der Waals surface area (Å²) in [6, 6.07) is 23.4. The summed E-state index contributed by atoms with van der Waals surface area (Å²) in [6.07, 6.45) is 0.198. The molecule has 1 aromatic heterocycles. The lowest BCUT2D eigenvalue weighted by Gasteiger charge is -2.16. The van der Waals surface area contributed by atoms with Crippen molar-refractivity contribution in [3.63, 3.8) is 0 Å². The molecule has 0 radical (unpaired) electrons. The van der Waals surface area contributed by atoms with Crippen molar-refractivity contribution >= 4 is 28.5 Å². The van der Waals surface area contributed by atoms with Gasteiger partial charge in [0.1, 0.15) is 17.1 Å². The normalized spacial score (nSPS) is 15.4. The minimum absolute atomic E-state index is 0.0201. The summed E-state index contributed by atoms with van der Waals surface area (Å²) >= 11 is 0. The van der Waals surface area contributed by atoms with Crippen LogP contribution in [0.5, 0.6) is 5.75 Å². The van der Waals surface area contributed by atoms with Gasteiger partial charge in [-0.05, 0) is 48.0 Å². The third-order valence-electron chi connectivity index (χ3n) is 6.17. The van der Waals surface area contributed by atoms with Crippen LogP contribution in [0.1, 0.15) is 12.0 Å². The molecular formula is C28H24N2O5. The lowest BCUT2D eigenvalue weighted by Crippen LogP contribution is -2.28. The van der Waals surface area contributed by atoms with Crippen LogP contribution in [0.15, 0.2) is 88.1 Å². The van der Waals surface area contributed by atoms with Gasteiger partial charge in [0.05, 0.1) is 18.4 Å². The first kappa shape index (κ1) is 22.4. The molecule has 1 fully saturated rings. The molecule has 3 aromatic carbocycles. The third-order valence-corrected chi connectivity index (χ3v) is 6.17. The van der Waals surface area contributed by atoms with Gasteiger partial charge in [-0.2, -0.15) is 0 Å². The fraction of sp³-hybridized carbons (Fsp3) is 0.179. The molecule has 7 heteroatoms. The van der Waals surface area contributed by atoms with Crippen LogP contribution in [0.25, 0.3) is 22.3 Å². The topological polar surface area (TPSA) is 88.8 Å². The minimum Gasteiger partial charge on any atom is -0.497 e. The number of ether oxygens (including phenoxy) is 1. The number of rotatable bonds is 6. The zero-order chi connectivity index (χ0) is 24.4. The van der Waals surface area contributed by atoms with Crippen molar-refractivity contribution in [2.24, 2.45) is 5.92 Å². The molecule has 0 saturated carbocycles. The number of amides is 2. The summed E-state index contributed by atoms with van der Waals surface area (Å²) in [5, 5.41) is 3.35. The molecule has 0 aliphatic carbocycles. The van der Waals surface area contributed by atoms with Gasteiger partial charge in [-0.25, -0.2) is 0 Å². The molecule has 176 valence electrons. The Morgan fingerprint density at radius 3 is 2.54 bits per heavy atom. The van der Waals surface area contributed by atoms with E-state index in [2.05, 4.69) is 5.32 Å². The summed E-state index contributed by atoms with van der Waals surface area (Å²) in [4.78, 5) is 39.5. The van der Waals surface area contributed by atoms with Gasteiger partial charge >= 0.3 is 0 Å². The van der Waals surface area contributed by atoms with Crippen molar-refractivity contribution in [3.8, 4) is 17.1 Å². The summed E-state index contributed by atoms with van der Waals surface area (Å²) in [7, 11) is 1.54. The van der Waals surface area contributed by atoms with Crippen molar-refractivity contribution in [3.05, 3.63) is 94.6 Å². The fourth-order valence-corrected chi connectivity index (χ4v) is 4.27. The number of anilines is 1. The average Bonchev–Trinajstić information content (AvgIpc) is 3.25. The smallest absolute Gasteiger partial charge is 0.229 e. The van der Waals surface area contributed by atoms with Crippen molar-refractivity contribution in [1.29, 1.82) is 0 Å². The van der Waals surface area contributed by atoms with Gasteiger partial charge in [0, 0.05) is 36.8 Å². The van der Waals surface area contributed by atoms with E-state index in [1.807, 2.05) is 30.3 Å². The molecule has 1 atom stereocenters. The standard InChI is InChI=1S/C28H24N2O5/c1-34-22-11-12-25-23(14-22)24(31)15-26(35-25)19-7-9-21(10-8-19)29-28(33)20-13-27(32)30(17-20)16-18-5-3-2-4-6-18/h2-12,14-15,20H,13,16-17H2,1H3,(H,29,33). The summed E-state index contributed by atoms with van der Waals surface area (Å²) in [5.41, 5.74) is 2.67. The molecule has 5 rings (SSSR count). The molecule has 1 aliphatic heterocycles. The molecule has 35 heavy (non-hydrogen) atoms. The average molecular weight is 469 g/mol. The van der Waals surface area contributed by atoms with Crippen molar-refractivity contribution in [2.75, 3.05) is 19.0 Å². The lowest BCUT2D eigenvalue weighted by molar-refractivity contribution is -0.128. The monoisotopic (exact) mass is 468 g/mol. The van der Waals surface area contributed by atoms with Crippen LogP contribution in [0.2, 0.25) is 0 Å². The Labute approximate surface area is 201 Å². The number of nitrogens with zero attached hydrogens (tertiary/aromatic N) is 1. The van der Waals surface area contributed by atoms with E-state index >= 15 is 0 Å². The van der Waals surface area contributed by atoms with E-state index < -0.39 is 5.92 Å². The minimum atomic E-state index is -0.401. The Hall–Kier alpha value is -4.39. The van der Waals surface area contributed by atoms with Crippen molar-refractivity contribution in [1.82, 2.24) is 4.90 Å². The highest BCUT2D eigenvalue weighted by Crippen LogP contribution is 2.27. The van der Waals surface area contributed by atoms with E-state index in [1.54, 1.807) is 54.5 Å². The second kappa shape index (κ2) is 9.46. The van der Waals surface area contributed by atoms with Gasteiger partial charge in [0.25, 0.3) is 0 Å². The quantitative estimate of drug-likeness (QED) is 0.452. The second-order valence-corrected chi connectivity index (χ2v) is 8.56. The number of nitrogens with one attached hydrogen (secondary N) is 1. The van der Waals surface area contributed by atoms with Crippen molar-refractivity contribution in [2.45, 2.75) is 13.0 Å². The lowest BCUT2D eigenvalue weighted by atomic mass is 10.1. The molecule has 2 amide bonds. The van der Waals surface area contributed by atoms with Gasteiger partial charge < -0.3 is 19.4 Å². The highest BCUT2D eigenvalue weighted by Gasteiger charge is 2.34. The van der Waals surface area contributed by atoms with E-state index in [0.29, 0.717) is 46.8 Å². The van der Waals surface area contributed by atoms with Gasteiger partial charge in [0.15, 0.2) is 5.43 Å². The number of likely N-dealkylation sites (tertiary alicyclic amines) is 1. The SMILES string of the molecule is COc1ccc2oc(-c3ccc(NC(=O)C4CC(=O)N(Cc5ccccc5)C4)cc3)cc(=O)c2c1. The van der Waals surface area contributed by atoms with E-state index in [-0.39, 0.29) is 23.7 Å². The van der Waals surface area contributed by atoms with E-state index in [4.69, 9.17) is 9.15 Å². The highest BCUT2D eigenvalue weighted by molar-refractivity contribution is 5.97. The molecule has 1 unspecified atom stereocenters. The molecular weight excluding hydrogens is 444 g/mol. The third kappa shape index (κ3) is 4.80. The molecule has 7 nitrogen and oxygen atoms in total. The molecule has 0 spiro atoms. The number of benzene rings is 3. The van der Waals surface area contributed by atoms with Gasteiger partial charge in [-0.1, -0.05) is 30.3 Å². The number of fused-ring (bicyclic) bond motifs is 1. The summed E-state index contributed by atoms with van der Waals surface area (Å²) < 4.78 is 11.1. The predicted molar refractivity (Wildman–Crippen MR) is 133 cm³/mol. The van der Waals surface area contributed by atoms with Crippen LogP contribution in [-0.4, -0.2) is 30.4 Å². The molecule has 1 N–H and O–H groups in total. The Bertz CT molecular complexity index is 1440. The number of hydrogen-bond acceptors (Lipinski definition) is 5. The zero-order valence-electron chi connectivity index (χ0n) is 19.2. The number of carbonyl (C=O) groups is 2. The Kier molecular flexibility index (Phi) is 6.06. The van der Waals surface area contributed by atoms with Crippen LogP contribution in [0.4, 0.5) is 5.69 Å². The van der Waals surface area contributed by atoms with E-state index in [9.17, 15) is 14.4 Å². The first-order valence-corrected chi connectivity index (χ1v) is 11.3. The van der Waals surface area contributed by atoms with Gasteiger partial charge in [-0.15, -0.1) is 0 Å². The van der Waals surface area contributed by atoms with Crippen molar-refractivity contribution < 1.29 is 18.7 Å². The van der Waals surface area contributed by atoms with Gasteiger partial charge in [0.2, 0.25) is 11.8 Å². The van der Waals surface area contributed by atoms with Crippen LogP contribution in [-0.2, 0) is 16.1 Å². The highest BCUT2D eigenvalue weighted by atomic mass is 16.5. The maximum Gasteiger partial charge on any atom is 0.229 e. The molecule has 1 saturated heterocycles. The number of hydrogen-bond donors (Lipinski definition) is 1. The Balaban J connectivity index is 1.26. The Morgan fingerprint density at radius 2 is 1.80 bits per heavy atom. The number of carbonyl (C=O) groups excluding carboxylic acids is 2. The predicted octanol–water partition coefficient (Wildman–Crippen LogP) is 4.46. The largest absolute Gasteiger partial charge is 0.497 e. The maximum atomic E-state index is 12.8. The van der Waals surface area contributed by atoms with Crippen LogP contribution >= 0.6 is 0 Å². The maximum absolute atomic E-state index is 12.8. The molecule has 4 aromatic rings. The first-order chi connectivity index (χ1) is 17.0. The molecule has 0 bridgehead atoms. The zero-order valence-corrected chi connectivity index (χ0v) is 19.2. The summed E-state index contributed by atoms with van der Waals surface area (Å²) in [6.45, 7) is 0.895. The van der Waals surface area contributed by atoms with Crippen LogP contribution in [0.3, 0.4) is 0 Å². The summed E-state index contributed by atoms with van der Waals surface area (Å²) in [5.74, 6) is 0.413. The fourth-order valence-electron chi connectivity index (χ4n) is 4.27. The molecule has 2 heterocycles. The Morgan fingerprint density at radius 1 is 1.03 bits per heavy atom. The second-order valence-electron chi connectivity index (χ2n) is 8.56. The number of methoxy groups -OCH3 is 1. The van der Waals surface area contributed by atoms with E-state index in [1.165, 1.54) is 6.07 Å².